The fraction of sp³-hybridized carbons (Fsp3) is 0.243. The van der Waals surface area contributed by atoms with Gasteiger partial charge in [-0.3, -0.25) is 14.2 Å². The van der Waals surface area contributed by atoms with Gasteiger partial charge in [0.05, 0.1) is 28.3 Å². The number of nitrogens with one attached hydrogen (secondary N) is 2. The summed E-state index contributed by atoms with van der Waals surface area (Å²) >= 11 is 0. The lowest BCUT2D eigenvalue weighted by Crippen LogP contribution is -2.31. The topological polar surface area (TPSA) is 141 Å². The first-order chi connectivity index (χ1) is 25.6. The van der Waals surface area contributed by atoms with Crippen molar-refractivity contribution in [1.29, 1.82) is 0 Å². The second kappa shape index (κ2) is 16.6. The van der Waals surface area contributed by atoms with Gasteiger partial charge in [-0.05, 0) is 61.4 Å². The quantitative estimate of drug-likeness (QED) is 0.123. The van der Waals surface area contributed by atoms with Gasteiger partial charge in [-0.1, -0.05) is 55.8 Å². The Hall–Kier alpha value is -5.68. The van der Waals surface area contributed by atoms with E-state index in [1.54, 1.807) is 6.92 Å². The van der Waals surface area contributed by atoms with Gasteiger partial charge in [0.1, 0.15) is 24.1 Å². The number of nitrogens with zero attached hydrogens (tertiary/aromatic N) is 3. The van der Waals surface area contributed by atoms with Gasteiger partial charge in [0.2, 0.25) is 5.91 Å². The van der Waals surface area contributed by atoms with E-state index >= 15 is 4.39 Å². The predicted octanol–water partition coefficient (Wildman–Crippen LogP) is 6.48. The Labute approximate surface area is 306 Å². The van der Waals surface area contributed by atoms with Gasteiger partial charge in [-0.25, -0.2) is 26.7 Å². The van der Waals surface area contributed by atoms with Crippen LogP contribution in [0, 0.1) is 11.6 Å². The lowest BCUT2D eigenvalue weighted by atomic mass is 10.0. The van der Waals surface area contributed by atoms with Crippen LogP contribution in [0.3, 0.4) is 0 Å². The maximum atomic E-state index is 15.9. The molecule has 1 aromatic heterocycles. The number of ether oxygens (including phenoxy) is 1. The molecule has 11 nitrogen and oxygen atoms in total. The second-order valence-corrected chi connectivity index (χ2v) is 13.6. The maximum Gasteiger partial charge on any atom is 0.418 e. The molecule has 5 aromatic rings. The van der Waals surface area contributed by atoms with E-state index in [0.29, 0.717) is 23.6 Å². The van der Waals surface area contributed by atoms with Crippen molar-refractivity contribution in [3.63, 3.8) is 0 Å². The minimum Gasteiger partial charge on any atom is -0.372 e. The van der Waals surface area contributed by atoms with Gasteiger partial charge in [0.25, 0.3) is 15.9 Å². The molecule has 284 valence electrons. The van der Waals surface area contributed by atoms with E-state index in [9.17, 15) is 40.4 Å². The largest absolute Gasteiger partial charge is 0.418 e. The Balaban J connectivity index is 1.50. The Morgan fingerprint density at radius 1 is 0.907 bits per heavy atom. The average molecular weight is 772 g/mol. The van der Waals surface area contributed by atoms with Crippen molar-refractivity contribution in [3.05, 3.63) is 130 Å². The molecule has 0 atom stereocenters. The highest BCUT2D eigenvalue weighted by atomic mass is 32.2. The van der Waals surface area contributed by atoms with Crippen LogP contribution in [0.15, 0.2) is 94.6 Å². The molecule has 2 amide bonds. The minimum absolute atomic E-state index is 0.00156. The fourth-order valence-corrected chi connectivity index (χ4v) is 6.72. The first-order valence-electron chi connectivity index (χ1n) is 16.6. The van der Waals surface area contributed by atoms with Crippen LogP contribution in [0.1, 0.15) is 54.0 Å². The second-order valence-electron chi connectivity index (χ2n) is 11.9. The predicted molar refractivity (Wildman–Crippen MR) is 189 cm³/mol. The van der Waals surface area contributed by atoms with Gasteiger partial charge in [-0.2, -0.15) is 17.9 Å². The van der Waals surface area contributed by atoms with Crippen LogP contribution in [-0.2, 0) is 38.7 Å². The number of carbonyl (C=O) groups excluding carboxylic acids is 2. The molecule has 0 unspecified atom stereocenters. The highest BCUT2D eigenvalue weighted by Crippen LogP contribution is 2.35. The summed E-state index contributed by atoms with van der Waals surface area (Å²) in [7, 11) is -4.60. The standard InChI is InChI=1S/C37H34F5N5O6S/c1-3-5-14-33-44-47(31-20-25(43-34(48)22-53-4-2)17-18-28(31)37(40,41)42)36(50)46(33)21-24-16-15-23(19-30(24)39)26-10-7-9-13-32(26)54(51,52)45-35(49)27-11-6-8-12-29(27)38/h6-13,15-20H,3-5,14,21-22H2,1-2H3,(H,43,48)(H,45,49). The zero-order chi connectivity index (χ0) is 39.2. The van der Waals surface area contributed by atoms with Crippen molar-refractivity contribution in [2.24, 2.45) is 0 Å². The van der Waals surface area contributed by atoms with Crippen LogP contribution >= 0.6 is 0 Å². The minimum atomic E-state index is -4.91. The number of carbonyl (C=O) groups is 2. The first kappa shape index (κ1) is 39.5. The van der Waals surface area contributed by atoms with Crippen LogP contribution in [-0.4, -0.2) is 47.8 Å². The summed E-state index contributed by atoms with van der Waals surface area (Å²) in [6, 6.07) is 16.6. The smallest absolute Gasteiger partial charge is 0.372 e. The number of unbranched alkanes of at least 4 members (excludes halogenated alkanes) is 1. The highest BCUT2D eigenvalue weighted by molar-refractivity contribution is 7.90. The van der Waals surface area contributed by atoms with Crippen molar-refractivity contribution < 1.29 is 44.7 Å². The molecule has 17 heteroatoms. The summed E-state index contributed by atoms with van der Waals surface area (Å²) in [4.78, 5) is 38.3. The Kier molecular flexibility index (Phi) is 12.1. The summed E-state index contributed by atoms with van der Waals surface area (Å²) in [6.07, 6.45) is -3.62. The molecule has 0 fully saturated rings. The lowest BCUT2D eigenvalue weighted by molar-refractivity contribution is -0.137. The lowest BCUT2D eigenvalue weighted by Gasteiger charge is -2.14. The molecule has 0 aliphatic rings. The number of alkyl halides is 3. The van der Waals surface area contributed by atoms with Gasteiger partial charge < -0.3 is 10.1 Å². The van der Waals surface area contributed by atoms with Crippen LogP contribution < -0.4 is 15.7 Å². The number of sulfonamides is 1. The van der Waals surface area contributed by atoms with Gasteiger partial charge in [0.15, 0.2) is 0 Å². The molecule has 4 aromatic carbocycles. The van der Waals surface area contributed by atoms with Gasteiger partial charge in [0, 0.05) is 29.8 Å². The number of anilines is 1. The third-order valence-corrected chi connectivity index (χ3v) is 9.55. The summed E-state index contributed by atoms with van der Waals surface area (Å²) < 4.78 is 108. The van der Waals surface area contributed by atoms with E-state index in [1.807, 2.05) is 11.6 Å². The van der Waals surface area contributed by atoms with Crippen LogP contribution in [0.4, 0.5) is 27.6 Å². The summed E-state index contributed by atoms with van der Waals surface area (Å²) in [5, 5.41) is 6.66. The number of hydrogen-bond acceptors (Lipinski definition) is 7. The van der Waals surface area contributed by atoms with Crippen molar-refractivity contribution in [2.75, 3.05) is 18.5 Å². The van der Waals surface area contributed by atoms with E-state index in [1.165, 1.54) is 48.5 Å². The van der Waals surface area contributed by atoms with Crippen LogP contribution in [0.2, 0.25) is 0 Å². The molecular weight excluding hydrogens is 737 g/mol. The molecule has 54 heavy (non-hydrogen) atoms. The number of hydrogen-bond donors (Lipinski definition) is 2. The Bertz CT molecular complexity index is 2360. The molecule has 0 bridgehead atoms. The van der Waals surface area contributed by atoms with Crippen molar-refractivity contribution >= 4 is 27.5 Å². The highest BCUT2D eigenvalue weighted by Gasteiger charge is 2.35. The van der Waals surface area contributed by atoms with Crippen LogP contribution in [0.25, 0.3) is 16.8 Å². The number of benzene rings is 4. The molecule has 0 spiro atoms. The first-order valence-corrected chi connectivity index (χ1v) is 18.1. The SMILES string of the molecule is CCCCc1nn(-c2cc(NC(=O)COCC)ccc2C(F)(F)F)c(=O)n1Cc1ccc(-c2ccccc2S(=O)(=O)NC(=O)c2ccccc2F)cc1F. The van der Waals surface area contributed by atoms with Gasteiger partial charge in [-0.15, -0.1) is 5.10 Å². The molecular formula is C37H34F5N5O6S. The van der Waals surface area contributed by atoms with E-state index < -0.39 is 73.6 Å². The van der Waals surface area contributed by atoms with Crippen LogP contribution in [0.5, 0.6) is 0 Å². The number of rotatable bonds is 14. The van der Waals surface area contributed by atoms with E-state index in [0.717, 1.165) is 34.9 Å². The number of aromatic nitrogens is 3. The normalized spacial score (nSPS) is 11.8. The Morgan fingerprint density at radius 2 is 1.63 bits per heavy atom. The van der Waals surface area contributed by atoms with Crippen molar-refractivity contribution in [1.82, 2.24) is 19.1 Å². The molecule has 0 radical (unpaired) electrons. The monoisotopic (exact) mass is 771 g/mol. The molecule has 0 aliphatic carbocycles. The molecule has 2 N–H and O–H groups in total. The van der Waals surface area contributed by atoms with E-state index in [2.05, 4.69) is 10.4 Å². The molecule has 0 saturated heterocycles. The van der Waals surface area contributed by atoms with Crippen molar-refractivity contribution in [3.8, 4) is 16.8 Å². The van der Waals surface area contributed by atoms with Crippen molar-refractivity contribution in [2.45, 2.75) is 50.7 Å². The molecule has 5 rings (SSSR count). The zero-order valence-electron chi connectivity index (χ0n) is 28.9. The molecule has 0 aliphatic heterocycles. The summed E-state index contributed by atoms with van der Waals surface area (Å²) in [6.45, 7) is 2.96. The average Bonchev–Trinajstić information content (AvgIpc) is 3.43. The molecule has 1 heterocycles. The summed E-state index contributed by atoms with van der Waals surface area (Å²) in [5.74, 6) is -3.59. The van der Waals surface area contributed by atoms with E-state index in [-0.39, 0.29) is 47.8 Å². The summed E-state index contributed by atoms with van der Waals surface area (Å²) in [5.41, 5.74) is -3.41. The molecule has 0 saturated carbocycles. The maximum absolute atomic E-state index is 15.9. The zero-order valence-corrected chi connectivity index (χ0v) is 29.7. The fourth-order valence-electron chi connectivity index (χ4n) is 5.52. The number of aryl methyl sites for hydroxylation is 1. The third-order valence-electron chi connectivity index (χ3n) is 8.16. The van der Waals surface area contributed by atoms with Gasteiger partial charge >= 0.3 is 11.9 Å². The number of amides is 2. The van der Waals surface area contributed by atoms with E-state index in [4.69, 9.17) is 4.74 Å². The third kappa shape index (κ3) is 8.91. The Morgan fingerprint density at radius 3 is 2.31 bits per heavy atom. The number of halogens is 5.